The summed E-state index contributed by atoms with van der Waals surface area (Å²) < 4.78 is 3.58. The van der Waals surface area contributed by atoms with E-state index in [-0.39, 0.29) is 0 Å². The maximum absolute atomic E-state index is 13.2. The molecular weight excluding hydrogens is 528 g/mol. The third-order valence-corrected chi connectivity index (χ3v) is 7.57. The fourth-order valence-corrected chi connectivity index (χ4v) is 5.39. The molecule has 0 aliphatic carbocycles. The summed E-state index contributed by atoms with van der Waals surface area (Å²) >= 11 is 0. The first-order valence-corrected chi connectivity index (χ1v) is 14.3. The zero-order chi connectivity index (χ0) is 28.9. The van der Waals surface area contributed by atoms with Crippen LogP contribution in [0.3, 0.4) is 0 Å². The third kappa shape index (κ3) is 5.56. The Morgan fingerprint density at radius 3 is 2.29 bits per heavy atom. The lowest BCUT2D eigenvalue weighted by Crippen LogP contribution is -2.31. The van der Waals surface area contributed by atoms with Gasteiger partial charge in [-0.1, -0.05) is 98.6 Å². The molecule has 0 amide bonds. The predicted octanol–water partition coefficient (Wildman–Crippen LogP) is 4.76. The number of aromatic nitrogens is 8. The van der Waals surface area contributed by atoms with Crippen molar-refractivity contribution in [2.24, 2.45) is 0 Å². The van der Waals surface area contributed by atoms with E-state index in [2.05, 4.69) is 56.8 Å². The molecule has 0 unspecified atom stereocenters. The average Bonchev–Trinajstić information content (AvgIpc) is 3.67. The van der Waals surface area contributed by atoms with Gasteiger partial charge >= 0.3 is 5.69 Å². The maximum atomic E-state index is 13.2. The number of H-pyrrole nitrogens is 2. The van der Waals surface area contributed by atoms with Crippen molar-refractivity contribution in [1.82, 2.24) is 39.7 Å². The van der Waals surface area contributed by atoms with Crippen molar-refractivity contribution >= 4 is 11.2 Å². The van der Waals surface area contributed by atoms with Gasteiger partial charge in [0.05, 0.1) is 0 Å². The Kier molecular flexibility index (Phi) is 7.85. The Bertz CT molecular complexity index is 1900. The van der Waals surface area contributed by atoms with Gasteiger partial charge in [0.2, 0.25) is 0 Å². The highest BCUT2D eigenvalue weighted by molar-refractivity contribution is 5.80. The molecule has 3 heterocycles. The Hall–Kier alpha value is -5.12. The molecule has 6 aromatic rings. The smallest absolute Gasteiger partial charge is 0.318 e. The minimum atomic E-state index is -0.432. The molecular formula is C32H32N8O2. The number of hydrogen-bond donors (Lipinski definition) is 2. The molecule has 3 aromatic carbocycles. The van der Waals surface area contributed by atoms with Gasteiger partial charge in [-0.15, -0.1) is 5.10 Å². The molecule has 42 heavy (non-hydrogen) atoms. The van der Waals surface area contributed by atoms with Crippen molar-refractivity contribution in [2.75, 3.05) is 0 Å². The van der Waals surface area contributed by atoms with Crippen molar-refractivity contribution in [3.05, 3.63) is 117 Å². The fourth-order valence-electron chi connectivity index (χ4n) is 5.39. The van der Waals surface area contributed by atoms with Gasteiger partial charge in [-0.2, -0.15) is 0 Å². The van der Waals surface area contributed by atoms with Crippen LogP contribution in [0.2, 0.25) is 0 Å². The van der Waals surface area contributed by atoms with Crippen LogP contribution in [0.5, 0.6) is 0 Å². The van der Waals surface area contributed by atoms with Crippen molar-refractivity contribution in [1.29, 1.82) is 0 Å². The number of unbranched alkanes of at least 4 members (excludes halogenated alkanes) is 2. The largest absolute Gasteiger partial charge is 0.330 e. The number of fused-ring (bicyclic) bond motifs is 1. The van der Waals surface area contributed by atoms with Crippen LogP contribution in [0.15, 0.2) is 88.5 Å². The van der Waals surface area contributed by atoms with Gasteiger partial charge < -0.3 is 4.57 Å². The lowest BCUT2D eigenvalue weighted by molar-refractivity contribution is 0.657. The summed E-state index contributed by atoms with van der Waals surface area (Å²) in [4.78, 5) is 33.6. The second kappa shape index (κ2) is 12.2. The summed E-state index contributed by atoms with van der Waals surface area (Å²) in [5.74, 6) is 1.42. The summed E-state index contributed by atoms with van der Waals surface area (Å²) in [5.41, 5.74) is 5.12. The normalized spacial score (nSPS) is 11.4. The average molecular weight is 561 g/mol. The molecule has 10 heteroatoms. The zero-order valence-corrected chi connectivity index (χ0v) is 23.5. The summed E-state index contributed by atoms with van der Waals surface area (Å²) in [6, 6.07) is 26.2. The van der Waals surface area contributed by atoms with Crippen LogP contribution >= 0.6 is 0 Å². The van der Waals surface area contributed by atoms with E-state index in [4.69, 9.17) is 4.98 Å². The lowest BCUT2D eigenvalue weighted by atomic mass is 9.98. The summed E-state index contributed by atoms with van der Waals surface area (Å²) in [6.45, 7) is 3.05. The van der Waals surface area contributed by atoms with E-state index in [9.17, 15) is 9.59 Å². The fraction of sp³-hybridized carbons (Fsp3) is 0.250. The standard InChI is InChI=1S/C32H32N8O2/c1-2-3-5-14-27-33-30-28(31(41)34-32(42)39(30)20-19-22-10-6-4-7-11-22)40(27)21-23-15-17-24(18-16-23)25-12-8-9-13-26(25)29-35-37-38-36-29/h4,6-13,15-18H,2-3,5,14,19-21H2,1H3,(H,34,41,42)(H,35,36,37,38). The molecule has 0 atom stereocenters. The number of imidazole rings is 1. The first kappa shape index (κ1) is 27.1. The molecule has 0 aliphatic rings. The van der Waals surface area contributed by atoms with Gasteiger partial charge in [-0.3, -0.25) is 14.3 Å². The van der Waals surface area contributed by atoms with Gasteiger partial charge in [0.15, 0.2) is 17.0 Å². The highest BCUT2D eigenvalue weighted by Gasteiger charge is 2.19. The molecule has 6 rings (SSSR count). The SMILES string of the molecule is CCCCCc1nc2c(c(=O)[nH]c(=O)n2CCc2ccccc2)n1Cc1ccc(-c2ccccc2-c2nnn[nH]2)cc1. The van der Waals surface area contributed by atoms with E-state index in [1.807, 2.05) is 59.2 Å². The summed E-state index contributed by atoms with van der Waals surface area (Å²) in [6.07, 6.45) is 4.49. The summed E-state index contributed by atoms with van der Waals surface area (Å²) in [7, 11) is 0. The van der Waals surface area contributed by atoms with E-state index in [1.54, 1.807) is 4.57 Å². The van der Waals surface area contributed by atoms with Crippen LogP contribution in [-0.4, -0.2) is 39.7 Å². The number of aromatic amines is 2. The Morgan fingerprint density at radius 2 is 1.55 bits per heavy atom. The van der Waals surface area contributed by atoms with Crippen LogP contribution in [0, 0.1) is 0 Å². The highest BCUT2D eigenvalue weighted by Crippen LogP contribution is 2.30. The van der Waals surface area contributed by atoms with Crippen LogP contribution in [0.25, 0.3) is 33.7 Å². The van der Waals surface area contributed by atoms with Crippen LogP contribution in [0.4, 0.5) is 0 Å². The molecule has 0 bridgehead atoms. The molecule has 212 valence electrons. The van der Waals surface area contributed by atoms with E-state index >= 15 is 0 Å². The Labute approximate surface area is 242 Å². The van der Waals surface area contributed by atoms with Crippen molar-refractivity contribution in [3.8, 4) is 22.5 Å². The van der Waals surface area contributed by atoms with Gasteiger partial charge in [-0.25, -0.2) is 14.9 Å². The quantitative estimate of drug-likeness (QED) is 0.220. The lowest BCUT2D eigenvalue weighted by Gasteiger charge is -2.11. The number of aryl methyl sites for hydroxylation is 3. The van der Waals surface area contributed by atoms with Gasteiger partial charge in [0.1, 0.15) is 5.82 Å². The molecule has 2 N–H and O–H groups in total. The Balaban J connectivity index is 1.36. The number of nitrogens with one attached hydrogen (secondary N) is 2. The zero-order valence-electron chi connectivity index (χ0n) is 23.5. The number of tetrazole rings is 1. The summed E-state index contributed by atoms with van der Waals surface area (Å²) in [5, 5.41) is 14.4. The molecule has 0 saturated heterocycles. The van der Waals surface area contributed by atoms with E-state index in [0.717, 1.165) is 59.3 Å². The van der Waals surface area contributed by atoms with Gasteiger partial charge in [0, 0.05) is 25.1 Å². The molecule has 0 saturated carbocycles. The maximum Gasteiger partial charge on any atom is 0.330 e. The molecule has 3 aromatic heterocycles. The Morgan fingerprint density at radius 1 is 0.786 bits per heavy atom. The monoisotopic (exact) mass is 560 g/mol. The molecule has 0 fully saturated rings. The van der Waals surface area contributed by atoms with Gasteiger partial charge in [0.25, 0.3) is 5.56 Å². The predicted molar refractivity (Wildman–Crippen MR) is 162 cm³/mol. The number of nitrogens with zero attached hydrogens (tertiary/aromatic N) is 6. The number of hydrogen-bond acceptors (Lipinski definition) is 6. The molecule has 0 aliphatic heterocycles. The van der Waals surface area contributed by atoms with E-state index < -0.39 is 11.2 Å². The van der Waals surface area contributed by atoms with Gasteiger partial charge in [-0.05, 0) is 45.5 Å². The minimum Gasteiger partial charge on any atom is -0.318 e. The highest BCUT2D eigenvalue weighted by atomic mass is 16.2. The topological polar surface area (TPSA) is 127 Å². The molecule has 10 nitrogen and oxygen atoms in total. The first-order valence-electron chi connectivity index (χ1n) is 14.3. The second-order valence-corrected chi connectivity index (χ2v) is 10.4. The minimum absolute atomic E-state index is 0.411. The second-order valence-electron chi connectivity index (χ2n) is 10.4. The third-order valence-electron chi connectivity index (χ3n) is 7.57. The van der Waals surface area contributed by atoms with Crippen LogP contribution in [0.1, 0.15) is 43.1 Å². The molecule has 0 radical (unpaired) electrons. The van der Waals surface area contributed by atoms with Crippen molar-refractivity contribution in [2.45, 2.75) is 52.1 Å². The van der Waals surface area contributed by atoms with Crippen LogP contribution in [-0.2, 0) is 25.9 Å². The molecule has 0 spiro atoms. The number of benzene rings is 3. The van der Waals surface area contributed by atoms with Crippen molar-refractivity contribution in [3.63, 3.8) is 0 Å². The number of rotatable bonds is 11. The van der Waals surface area contributed by atoms with Crippen LogP contribution < -0.4 is 11.2 Å². The van der Waals surface area contributed by atoms with Crippen molar-refractivity contribution < 1.29 is 0 Å². The van der Waals surface area contributed by atoms with E-state index in [1.165, 1.54) is 0 Å². The van der Waals surface area contributed by atoms with E-state index in [0.29, 0.717) is 36.5 Å². The first-order chi connectivity index (χ1) is 20.6.